The molecule has 1 atom stereocenters. The van der Waals surface area contributed by atoms with Crippen LogP contribution in [0.5, 0.6) is 11.5 Å². The number of rotatable bonds is 7. The zero-order chi connectivity index (χ0) is 20.4. The highest BCUT2D eigenvalue weighted by Crippen LogP contribution is 2.31. The Morgan fingerprint density at radius 1 is 1.03 bits per heavy atom. The van der Waals surface area contributed by atoms with Gasteiger partial charge < -0.3 is 9.47 Å². The minimum absolute atomic E-state index is 0.0627. The maximum absolute atomic E-state index is 12.6. The van der Waals surface area contributed by atoms with Crippen molar-refractivity contribution in [3.63, 3.8) is 0 Å². The Morgan fingerprint density at radius 3 is 2.52 bits per heavy atom. The molecule has 29 heavy (non-hydrogen) atoms. The van der Waals surface area contributed by atoms with E-state index in [1.807, 2.05) is 24.3 Å². The van der Waals surface area contributed by atoms with Crippen molar-refractivity contribution in [2.24, 2.45) is 0 Å². The van der Waals surface area contributed by atoms with E-state index in [-0.39, 0.29) is 23.1 Å². The minimum Gasteiger partial charge on any atom is -0.493 e. The van der Waals surface area contributed by atoms with E-state index in [2.05, 4.69) is 4.90 Å². The highest BCUT2D eigenvalue weighted by atomic mass is 32.2. The van der Waals surface area contributed by atoms with Gasteiger partial charge in [0.15, 0.2) is 11.5 Å². The largest absolute Gasteiger partial charge is 0.493 e. The van der Waals surface area contributed by atoms with E-state index in [1.165, 1.54) is 6.07 Å². The summed E-state index contributed by atoms with van der Waals surface area (Å²) in [6, 6.07) is 13.9. The first kappa shape index (κ1) is 19.7. The predicted molar refractivity (Wildman–Crippen MR) is 108 cm³/mol. The first-order valence-electron chi connectivity index (χ1n) is 9.69. The molecule has 2 aromatic carbocycles. The Morgan fingerprint density at radius 2 is 1.76 bits per heavy atom. The number of carbonyl (C=O) groups is 1. The topological polar surface area (TPSA) is 76.2 Å². The number of amides is 1. The molecule has 7 nitrogen and oxygen atoms in total. The lowest BCUT2D eigenvalue weighted by Crippen LogP contribution is -2.33. The molecule has 0 saturated carbocycles. The molecule has 0 aliphatic carbocycles. The molecule has 0 aromatic heterocycles. The van der Waals surface area contributed by atoms with Crippen molar-refractivity contribution >= 4 is 15.9 Å². The minimum atomic E-state index is -3.72. The molecule has 8 heteroatoms. The summed E-state index contributed by atoms with van der Waals surface area (Å²) < 4.78 is 37.6. The lowest BCUT2D eigenvalue weighted by Gasteiger charge is -2.20. The van der Waals surface area contributed by atoms with Crippen molar-refractivity contribution in [3.05, 3.63) is 54.1 Å². The molecule has 0 spiro atoms. The summed E-state index contributed by atoms with van der Waals surface area (Å²) in [5.41, 5.74) is 0.263. The van der Waals surface area contributed by atoms with Crippen LogP contribution in [0.3, 0.4) is 0 Å². The second-order valence-electron chi connectivity index (χ2n) is 7.21. The lowest BCUT2D eigenvalue weighted by atomic mass is 10.2. The van der Waals surface area contributed by atoms with Crippen molar-refractivity contribution < 1.29 is 22.7 Å². The normalized spacial score (nSPS) is 20.7. The van der Waals surface area contributed by atoms with Gasteiger partial charge in [-0.15, -0.1) is 0 Å². The van der Waals surface area contributed by atoms with Crippen LogP contribution in [0.15, 0.2) is 53.4 Å². The van der Waals surface area contributed by atoms with Gasteiger partial charge in [0.1, 0.15) is 11.0 Å². The van der Waals surface area contributed by atoms with E-state index in [0.29, 0.717) is 18.7 Å². The van der Waals surface area contributed by atoms with Crippen LogP contribution in [0.1, 0.15) is 23.2 Å². The average Bonchev–Trinajstić information content (AvgIpc) is 3.25. The first-order valence-corrected chi connectivity index (χ1v) is 11.1. The second kappa shape index (κ2) is 8.04. The van der Waals surface area contributed by atoms with Crippen molar-refractivity contribution in [1.82, 2.24) is 9.21 Å². The monoisotopic (exact) mass is 416 g/mol. The smallest absolute Gasteiger partial charge is 0.269 e. The molecule has 4 rings (SSSR count). The van der Waals surface area contributed by atoms with Crippen LogP contribution in [0.4, 0.5) is 0 Å². The van der Waals surface area contributed by atoms with E-state index in [1.54, 1.807) is 25.3 Å². The van der Waals surface area contributed by atoms with E-state index in [9.17, 15) is 13.2 Å². The summed E-state index contributed by atoms with van der Waals surface area (Å²) in [5, 5.41) is 0. The summed E-state index contributed by atoms with van der Waals surface area (Å²) in [4.78, 5) is 14.8. The van der Waals surface area contributed by atoms with Gasteiger partial charge >= 0.3 is 0 Å². The van der Waals surface area contributed by atoms with E-state index >= 15 is 0 Å². The molecule has 2 aliphatic heterocycles. The maximum atomic E-state index is 12.6. The molecule has 1 fully saturated rings. The molecule has 2 aromatic rings. The third-order valence-electron chi connectivity index (χ3n) is 5.34. The SMILES string of the molecule is COc1ccccc1OC1CCN(CCCN2C(=O)c3ccccc3S2(=O)=O)C1. The number of hydrogen-bond acceptors (Lipinski definition) is 6. The van der Waals surface area contributed by atoms with Gasteiger partial charge in [-0.1, -0.05) is 24.3 Å². The lowest BCUT2D eigenvalue weighted by molar-refractivity contribution is 0.0867. The Kier molecular flexibility index (Phi) is 5.47. The molecular weight excluding hydrogens is 392 g/mol. The van der Waals surface area contributed by atoms with E-state index < -0.39 is 15.9 Å². The third-order valence-corrected chi connectivity index (χ3v) is 7.18. The zero-order valence-electron chi connectivity index (χ0n) is 16.3. The van der Waals surface area contributed by atoms with E-state index in [4.69, 9.17) is 9.47 Å². The number of para-hydroxylation sites is 2. The van der Waals surface area contributed by atoms with Crippen molar-refractivity contribution in [3.8, 4) is 11.5 Å². The van der Waals surface area contributed by atoms with Crippen LogP contribution < -0.4 is 9.47 Å². The van der Waals surface area contributed by atoms with Crippen LogP contribution in [0.2, 0.25) is 0 Å². The van der Waals surface area contributed by atoms with Gasteiger partial charge in [0.05, 0.1) is 12.7 Å². The summed E-state index contributed by atoms with van der Waals surface area (Å²) in [7, 11) is -2.10. The fourth-order valence-corrected chi connectivity index (χ4v) is 5.49. The van der Waals surface area contributed by atoms with Crippen molar-refractivity contribution in [2.75, 3.05) is 33.3 Å². The number of carbonyl (C=O) groups excluding carboxylic acids is 1. The molecule has 0 radical (unpaired) electrons. The highest BCUT2D eigenvalue weighted by molar-refractivity contribution is 7.90. The predicted octanol–water partition coefficient (Wildman–Crippen LogP) is 2.38. The molecule has 2 aliphatic rings. The van der Waals surface area contributed by atoms with Gasteiger partial charge in [0, 0.05) is 26.2 Å². The molecule has 1 saturated heterocycles. The quantitative estimate of drug-likeness (QED) is 0.690. The molecular formula is C21H24N2O5S. The fourth-order valence-electron chi connectivity index (χ4n) is 3.88. The Bertz CT molecular complexity index is 1010. The number of methoxy groups -OCH3 is 1. The van der Waals surface area contributed by atoms with Crippen LogP contribution in [0, 0.1) is 0 Å². The van der Waals surface area contributed by atoms with E-state index in [0.717, 1.165) is 29.6 Å². The summed E-state index contributed by atoms with van der Waals surface area (Å²) >= 11 is 0. The summed E-state index contributed by atoms with van der Waals surface area (Å²) in [6.45, 7) is 2.53. The summed E-state index contributed by atoms with van der Waals surface area (Å²) in [6.07, 6.45) is 1.54. The zero-order valence-corrected chi connectivity index (χ0v) is 17.1. The fraction of sp³-hybridized carbons (Fsp3) is 0.381. The van der Waals surface area contributed by atoms with Gasteiger partial charge in [-0.05, 0) is 37.1 Å². The molecule has 0 bridgehead atoms. The Hall–Kier alpha value is -2.58. The second-order valence-corrected chi connectivity index (χ2v) is 9.04. The van der Waals surface area contributed by atoms with Crippen LogP contribution >= 0.6 is 0 Å². The van der Waals surface area contributed by atoms with Gasteiger partial charge in [-0.2, -0.15) is 0 Å². The van der Waals surface area contributed by atoms with Gasteiger partial charge in [-0.3, -0.25) is 9.69 Å². The summed E-state index contributed by atoms with van der Waals surface area (Å²) in [5.74, 6) is 1.01. The van der Waals surface area contributed by atoms with Gasteiger partial charge in [0.25, 0.3) is 15.9 Å². The van der Waals surface area contributed by atoms with Crippen LogP contribution in [0.25, 0.3) is 0 Å². The van der Waals surface area contributed by atoms with Crippen LogP contribution in [-0.4, -0.2) is 62.9 Å². The maximum Gasteiger partial charge on any atom is 0.269 e. The number of fused-ring (bicyclic) bond motifs is 1. The number of ether oxygens (including phenoxy) is 2. The molecule has 0 N–H and O–H groups in total. The number of hydrogen-bond donors (Lipinski definition) is 0. The number of likely N-dealkylation sites (tertiary alicyclic amines) is 1. The Balaban J connectivity index is 1.30. The number of sulfonamides is 1. The standard InChI is InChI=1S/C21H24N2O5S/c1-27-18-8-3-4-9-19(18)28-16-11-14-22(15-16)12-6-13-23-21(24)17-7-2-5-10-20(17)29(23,25)26/h2-5,7-10,16H,6,11-15H2,1H3. The highest BCUT2D eigenvalue weighted by Gasteiger charge is 2.40. The van der Waals surface area contributed by atoms with Gasteiger partial charge in [0.2, 0.25) is 0 Å². The number of nitrogens with zero attached hydrogens (tertiary/aromatic N) is 2. The molecule has 2 heterocycles. The molecule has 1 amide bonds. The van der Waals surface area contributed by atoms with Crippen molar-refractivity contribution in [1.29, 1.82) is 0 Å². The van der Waals surface area contributed by atoms with Crippen LogP contribution in [-0.2, 0) is 10.0 Å². The Labute approximate surface area is 170 Å². The first-order chi connectivity index (χ1) is 14.0. The van der Waals surface area contributed by atoms with Crippen molar-refractivity contribution in [2.45, 2.75) is 23.8 Å². The molecule has 154 valence electrons. The number of benzene rings is 2. The average molecular weight is 416 g/mol. The van der Waals surface area contributed by atoms with Gasteiger partial charge in [-0.25, -0.2) is 12.7 Å². The third kappa shape index (κ3) is 3.82. The molecule has 1 unspecified atom stereocenters.